The Bertz CT molecular complexity index is 1260. The van der Waals surface area contributed by atoms with Crippen molar-refractivity contribution in [2.45, 2.75) is 38.5 Å². The molecule has 6 heteroatoms. The molecule has 5 rings (SSSR count). The maximum Gasteiger partial charge on any atom is 0.295 e. The lowest BCUT2D eigenvalue weighted by molar-refractivity contribution is -0.140. The van der Waals surface area contributed by atoms with Gasteiger partial charge in [0.25, 0.3) is 11.7 Å². The van der Waals surface area contributed by atoms with Gasteiger partial charge >= 0.3 is 0 Å². The molecule has 1 N–H and O–H groups in total. The van der Waals surface area contributed by atoms with Crippen molar-refractivity contribution in [1.82, 2.24) is 4.90 Å². The van der Waals surface area contributed by atoms with Gasteiger partial charge in [-0.3, -0.25) is 9.59 Å². The molecule has 0 spiro atoms. The quantitative estimate of drug-likeness (QED) is 0.285. The zero-order valence-corrected chi connectivity index (χ0v) is 20.2. The molecule has 0 saturated carbocycles. The SMILES string of the molecule is Cc1ccc(C(O)=C2C(=O)C(=O)N(CC3CCCO3)C2c2ccc(OCc3ccccc3)cc2)cc1. The molecule has 2 saturated heterocycles. The first-order valence-corrected chi connectivity index (χ1v) is 12.2. The van der Waals surface area contributed by atoms with E-state index in [0.717, 1.165) is 29.5 Å². The molecule has 2 heterocycles. The number of ether oxygens (including phenoxy) is 2. The second-order valence-corrected chi connectivity index (χ2v) is 9.30. The molecule has 6 nitrogen and oxygen atoms in total. The van der Waals surface area contributed by atoms with Gasteiger partial charge in [-0.25, -0.2) is 0 Å². The largest absolute Gasteiger partial charge is 0.507 e. The Morgan fingerprint density at radius 2 is 1.72 bits per heavy atom. The van der Waals surface area contributed by atoms with Crippen LogP contribution in [0.5, 0.6) is 5.75 Å². The van der Waals surface area contributed by atoms with Crippen LogP contribution < -0.4 is 4.74 Å². The van der Waals surface area contributed by atoms with Crippen molar-refractivity contribution in [1.29, 1.82) is 0 Å². The number of aliphatic hydroxyl groups is 1. The van der Waals surface area contributed by atoms with Gasteiger partial charge in [-0.2, -0.15) is 0 Å². The lowest BCUT2D eigenvalue weighted by atomic mass is 9.95. The number of hydrogen-bond acceptors (Lipinski definition) is 5. The lowest BCUT2D eigenvalue weighted by Crippen LogP contribution is -2.36. The van der Waals surface area contributed by atoms with Crippen molar-refractivity contribution in [2.75, 3.05) is 13.2 Å². The molecular weight excluding hydrogens is 454 g/mol. The lowest BCUT2D eigenvalue weighted by Gasteiger charge is -2.27. The Labute approximate surface area is 210 Å². The molecule has 0 radical (unpaired) electrons. The topological polar surface area (TPSA) is 76.1 Å². The number of amides is 1. The Morgan fingerprint density at radius 3 is 2.39 bits per heavy atom. The highest BCUT2D eigenvalue weighted by molar-refractivity contribution is 6.46. The molecule has 2 unspecified atom stereocenters. The molecule has 2 atom stereocenters. The van der Waals surface area contributed by atoms with Crippen molar-refractivity contribution < 1.29 is 24.2 Å². The summed E-state index contributed by atoms with van der Waals surface area (Å²) in [6.07, 6.45) is 1.63. The van der Waals surface area contributed by atoms with Gasteiger partial charge in [0.1, 0.15) is 18.1 Å². The molecular formula is C30H29NO5. The van der Waals surface area contributed by atoms with Crippen LogP contribution in [0.25, 0.3) is 5.76 Å². The number of carbonyl (C=O) groups is 2. The number of likely N-dealkylation sites (tertiary alicyclic amines) is 1. The van der Waals surface area contributed by atoms with Gasteiger partial charge in [0.2, 0.25) is 0 Å². The molecule has 1 amide bonds. The Morgan fingerprint density at radius 1 is 1.00 bits per heavy atom. The van der Waals surface area contributed by atoms with Crippen molar-refractivity contribution in [3.05, 3.63) is 107 Å². The minimum atomic E-state index is -0.710. The molecule has 0 aromatic heterocycles. The third-order valence-electron chi connectivity index (χ3n) is 6.73. The Hall–Kier alpha value is -3.90. The summed E-state index contributed by atoms with van der Waals surface area (Å²) in [6, 6.07) is 23.8. The number of nitrogens with zero attached hydrogens (tertiary/aromatic N) is 1. The summed E-state index contributed by atoms with van der Waals surface area (Å²) in [5.74, 6) is -0.788. The van der Waals surface area contributed by atoms with Crippen LogP contribution >= 0.6 is 0 Å². The minimum Gasteiger partial charge on any atom is -0.507 e. The van der Waals surface area contributed by atoms with E-state index in [1.165, 1.54) is 4.90 Å². The van der Waals surface area contributed by atoms with Gasteiger partial charge in [0, 0.05) is 18.7 Å². The highest BCUT2D eigenvalue weighted by Crippen LogP contribution is 2.40. The highest BCUT2D eigenvalue weighted by Gasteiger charge is 2.47. The van der Waals surface area contributed by atoms with Crippen molar-refractivity contribution >= 4 is 17.4 Å². The first-order chi connectivity index (χ1) is 17.5. The van der Waals surface area contributed by atoms with Gasteiger partial charge in [-0.1, -0.05) is 72.3 Å². The van der Waals surface area contributed by atoms with E-state index < -0.39 is 17.7 Å². The number of aryl methyl sites for hydroxylation is 1. The van der Waals surface area contributed by atoms with Crippen LogP contribution in [-0.2, 0) is 20.9 Å². The molecule has 0 aliphatic carbocycles. The summed E-state index contributed by atoms with van der Waals surface area (Å²) >= 11 is 0. The summed E-state index contributed by atoms with van der Waals surface area (Å²) < 4.78 is 11.7. The molecule has 2 aliphatic rings. The standard InChI is InChI=1S/C30H29NO5/c1-20-9-11-23(12-10-20)28(32)26-27(31(30(34)29(26)33)18-25-8-5-17-35-25)22-13-15-24(16-14-22)36-19-21-6-3-2-4-7-21/h2-4,6-7,9-16,25,27,32H,5,8,17-19H2,1H3. The van der Waals surface area contributed by atoms with E-state index in [0.29, 0.717) is 31.1 Å². The van der Waals surface area contributed by atoms with Crippen LogP contribution in [0.2, 0.25) is 0 Å². The second-order valence-electron chi connectivity index (χ2n) is 9.30. The number of aliphatic hydroxyl groups excluding tert-OH is 1. The zero-order valence-electron chi connectivity index (χ0n) is 20.2. The van der Waals surface area contributed by atoms with Crippen LogP contribution in [-0.4, -0.2) is 41.0 Å². The number of benzene rings is 3. The van der Waals surface area contributed by atoms with E-state index in [1.807, 2.05) is 73.7 Å². The predicted octanol–water partition coefficient (Wildman–Crippen LogP) is 5.17. The van der Waals surface area contributed by atoms with Gasteiger partial charge in [-0.15, -0.1) is 0 Å². The molecule has 3 aromatic rings. The summed E-state index contributed by atoms with van der Waals surface area (Å²) in [5, 5.41) is 11.2. The molecule has 0 bridgehead atoms. The number of carbonyl (C=O) groups excluding carboxylic acids is 2. The van der Waals surface area contributed by atoms with Gasteiger partial charge < -0.3 is 19.5 Å². The van der Waals surface area contributed by atoms with Gasteiger partial charge in [0.05, 0.1) is 17.7 Å². The second kappa shape index (κ2) is 10.4. The third kappa shape index (κ3) is 4.90. The summed E-state index contributed by atoms with van der Waals surface area (Å²) in [7, 11) is 0. The Kier molecular flexibility index (Phi) is 6.87. The fourth-order valence-electron chi connectivity index (χ4n) is 4.78. The zero-order chi connectivity index (χ0) is 25.1. The predicted molar refractivity (Wildman–Crippen MR) is 136 cm³/mol. The van der Waals surface area contributed by atoms with Crippen molar-refractivity contribution in [3.63, 3.8) is 0 Å². The van der Waals surface area contributed by atoms with Crippen molar-refractivity contribution in [2.24, 2.45) is 0 Å². The van der Waals surface area contributed by atoms with Crippen molar-refractivity contribution in [3.8, 4) is 5.75 Å². The number of ketones is 1. The summed E-state index contributed by atoms with van der Waals surface area (Å²) in [4.78, 5) is 27.9. The Balaban J connectivity index is 1.48. The molecule has 36 heavy (non-hydrogen) atoms. The van der Waals surface area contributed by atoms with E-state index in [-0.39, 0.29) is 17.4 Å². The van der Waals surface area contributed by atoms with E-state index in [2.05, 4.69) is 0 Å². The number of hydrogen-bond donors (Lipinski definition) is 1. The maximum atomic E-state index is 13.2. The fraction of sp³-hybridized carbons (Fsp3) is 0.267. The van der Waals surface area contributed by atoms with Crippen LogP contribution in [0.15, 0.2) is 84.4 Å². The van der Waals surface area contributed by atoms with Gasteiger partial charge in [0.15, 0.2) is 0 Å². The first kappa shape index (κ1) is 23.8. The van der Waals surface area contributed by atoms with Crippen LogP contribution in [0, 0.1) is 6.92 Å². The smallest absolute Gasteiger partial charge is 0.295 e. The highest BCUT2D eigenvalue weighted by atomic mass is 16.5. The average molecular weight is 484 g/mol. The molecule has 184 valence electrons. The third-order valence-corrected chi connectivity index (χ3v) is 6.73. The minimum absolute atomic E-state index is 0.0970. The van der Waals surface area contributed by atoms with Crippen LogP contribution in [0.3, 0.4) is 0 Å². The van der Waals surface area contributed by atoms with Crippen LogP contribution in [0.1, 0.15) is 41.1 Å². The first-order valence-electron chi connectivity index (χ1n) is 12.2. The summed E-state index contributed by atoms with van der Waals surface area (Å²) in [5.41, 5.74) is 3.42. The molecule has 3 aromatic carbocycles. The normalized spacial score (nSPS) is 21.2. The fourth-order valence-corrected chi connectivity index (χ4v) is 4.78. The van der Waals surface area contributed by atoms with Gasteiger partial charge in [-0.05, 0) is 43.0 Å². The molecule has 2 aliphatic heterocycles. The summed E-state index contributed by atoms with van der Waals surface area (Å²) in [6.45, 7) is 3.33. The number of Topliss-reactive ketones (excluding diaryl/α,β-unsaturated/α-hetero) is 1. The van der Waals surface area contributed by atoms with E-state index in [4.69, 9.17) is 9.47 Å². The molecule has 2 fully saturated rings. The average Bonchev–Trinajstić information content (AvgIpc) is 3.51. The van der Waals surface area contributed by atoms with E-state index in [9.17, 15) is 14.7 Å². The van der Waals surface area contributed by atoms with Crippen LogP contribution in [0.4, 0.5) is 0 Å². The number of rotatable bonds is 7. The van der Waals surface area contributed by atoms with E-state index in [1.54, 1.807) is 12.1 Å². The monoisotopic (exact) mass is 483 g/mol. The van der Waals surface area contributed by atoms with E-state index >= 15 is 0 Å². The maximum absolute atomic E-state index is 13.2.